The number of nitrogens with zero attached hydrogens (tertiary/aromatic N) is 1. The molecule has 0 fully saturated rings. The van der Waals surface area contributed by atoms with Crippen molar-refractivity contribution in [1.82, 2.24) is 0 Å². The Labute approximate surface area is 160 Å². The molecule has 2 aromatic rings. The molecule has 2 N–H and O–H groups in total. The van der Waals surface area contributed by atoms with Gasteiger partial charge in [0.15, 0.2) is 11.7 Å². The number of hydrogen-bond acceptors (Lipinski definition) is 4. The first-order chi connectivity index (χ1) is 12.5. The van der Waals surface area contributed by atoms with Crippen LogP contribution in [0.2, 0.25) is 5.02 Å². The van der Waals surface area contributed by atoms with Crippen molar-refractivity contribution in [2.45, 2.75) is 6.18 Å². The summed E-state index contributed by atoms with van der Waals surface area (Å²) in [6, 6.07) is 6.74. The van der Waals surface area contributed by atoms with Crippen LogP contribution in [-0.4, -0.2) is 22.8 Å². The van der Waals surface area contributed by atoms with E-state index >= 15 is 0 Å². The van der Waals surface area contributed by atoms with Crippen LogP contribution < -0.4 is 15.4 Å². The number of halogens is 5. The lowest BCUT2D eigenvalue weighted by atomic mass is 10.2. The second-order valence-electron chi connectivity index (χ2n) is 5.08. The predicted octanol–water partition coefficient (Wildman–Crippen LogP) is 5.14. The smallest absolute Gasteiger partial charge is 0.422 e. The van der Waals surface area contributed by atoms with E-state index in [1.165, 1.54) is 12.1 Å². The van der Waals surface area contributed by atoms with Crippen molar-refractivity contribution in [3.63, 3.8) is 0 Å². The van der Waals surface area contributed by atoms with Crippen LogP contribution >= 0.6 is 23.8 Å². The molecule has 0 spiro atoms. The number of nitrogens with one attached hydrogen (secondary N) is 2. The first-order valence-corrected chi connectivity index (χ1v) is 7.84. The van der Waals surface area contributed by atoms with Crippen LogP contribution in [0, 0.1) is 15.9 Å². The first-order valence-electron chi connectivity index (χ1n) is 7.05. The minimum Gasteiger partial charge on any atom is -0.484 e. The minimum atomic E-state index is -4.60. The third kappa shape index (κ3) is 6.53. The van der Waals surface area contributed by atoms with E-state index in [1.54, 1.807) is 0 Å². The fourth-order valence-electron chi connectivity index (χ4n) is 1.88. The fourth-order valence-corrected chi connectivity index (χ4v) is 2.29. The van der Waals surface area contributed by atoms with E-state index in [9.17, 15) is 27.7 Å². The van der Waals surface area contributed by atoms with Crippen molar-refractivity contribution in [3.05, 3.63) is 57.4 Å². The highest BCUT2D eigenvalue weighted by Crippen LogP contribution is 2.28. The quantitative estimate of drug-likeness (QED) is 0.300. The normalized spacial score (nSPS) is 11.0. The molecule has 144 valence electrons. The number of anilines is 2. The number of hydrogen-bond donors (Lipinski definition) is 2. The fraction of sp³-hybridized carbons (Fsp3) is 0.133. The molecule has 0 amide bonds. The summed E-state index contributed by atoms with van der Waals surface area (Å²) < 4.78 is 54.5. The Bertz CT molecular complexity index is 880. The second kappa shape index (κ2) is 8.35. The predicted molar refractivity (Wildman–Crippen MR) is 95.9 cm³/mol. The molecule has 0 aliphatic rings. The van der Waals surface area contributed by atoms with Crippen molar-refractivity contribution in [1.29, 1.82) is 0 Å². The summed E-state index contributed by atoms with van der Waals surface area (Å²) in [6.07, 6.45) is -4.60. The van der Waals surface area contributed by atoms with Gasteiger partial charge in [0.2, 0.25) is 0 Å². The number of thiocarbonyl (C=S) groups is 1. The highest BCUT2D eigenvalue weighted by Gasteiger charge is 2.28. The van der Waals surface area contributed by atoms with Crippen LogP contribution in [0.5, 0.6) is 5.75 Å². The molecule has 27 heavy (non-hydrogen) atoms. The molecular formula is C15H10ClF4N3O3S. The minimum absolute atomic E-state index is 0.0204. The van der Waals surface area contributed by atoms with Crippen LogP contribution in [0.15, 0.2) is 36.4 Å². The number of ether oxygens (including phenoxy) is 1. The van der Waals surface area contributed by atoms with Crippen LogP contribution in [0.4, 0.5) is 34.6 Å². The van der Waals surface area contributed by atoms with Gasteiger partial charge >= 0.3 is 6.18 Å². The van der Waals surface area contributed by atoms with E-state index in [0.29, 0.717) is 5.69 Å². The van der Waals surface area contributed by atoms with Gasteiger partial charge in [0.1, 0.15) is 11.6 Å². The summed E-state index contributed by atoms with van der Waals surface area (Å²) in [5, 5.41) is 16.0. The molecule has 12 heteroatoms. The lowest BCUT2D eigenvalue weighted by Gasteiger charge is -2.13. The molecule has 2 aromatic carbocycles. The number of non-ortho nitro benzene ring substituents is 1. The van der Waals surface area contributed by atoms with Gasteiger partial charge in [0, 0.05) is 17.8 Å². The van der Waals surface area contributed by atoms with Crippen LogP contribution in [-0.2, 0) is 0 Å². The van der Waals surface area contributed by atoms with Crippen molar-refractivity contribution in [2.75, 3.05) is 17.2 Å². The molecule has 6 nitrogen and oxygen atoms in total. The molecule has 0 aromatic heterocycles. The molecule has 0 unspecified atom stereocenters. The van der Waals surface area contributed by atoms with E-state index in [1.807, 2.05) is 0 Å². The number of nitro benzene ring substituents is 1. The van der Waals surface area contributed by atoms with Crippen LogP contribution in [0.1, 0.15) is 0 Å². The van der Waals surface area contributed by atoms with Gasteiger partial charge < -0.3 is 15.4 Å². The van der Waals surface area contributed by atoms with Crippen molar-refractivity contribution in [3.8, 4) is 5.75 Å². The van der Waals surface area contributed by atoms with Gasteiger partial charge in [0.05, 0.1) is 21.7 Å². The van der Waals surface area contributed by atoms with Crippen molar-refractivity contribution in [2.24, 2.45) is 0 Å². The van der Waals surface area contributed by atoms with E-state index in [0.717, 1.165) is 24.3 Å². The van der Waals surface area contributed by atoms with Crippen molar-refractivity contribution >= 4 is 46.0 Å². The molecule has 0 atom stereocenters. The maximum absolute atomic E-state index is 13.1. The molecule has 0 heterocycles. The van der Waals surface area contributed by atoms with Crippen molar-refractivity contribution < 1.29 is 27.2 Å². The Morgan fingerprint density at radius 1 is 1.19 bits per heavy atom. The molecule has 2 rings (SSSR count). The van der Waals surface area contributed by atoms with Gasteiger partial charge in [-0.05, 0) is 30.4 Å². The highest BCUT2D eigenvalue weighted by atomic mass is 35.5. The summed E-state index contributed by atoms with van der Waals surface area (Å²) in [5.74, 6) is -0.997. The Hall–Kier alpha value is -2.66. The zero-order chi connectivity index (χ0) is 20.2. The Morgan fingerprint density at radius 2 is 1.85 bits per heavy atom. The SMILES string of the molecule is O=[N+]([O-])c1cc(NC(=S)Nc2ccc(F)c(Cl)c2)cc(OCC(F)(F)F)c1. The average Bonchev–Trinajstić information content (AvgIpc) is 2.55. The number of alkyl halides is 3. The standard InChI is InChI=1S/C15H10ClF4N3O3S/c16-12-5-8(1-2-13(12)17)21-14(27)22-9-3-10(23(24)25)6-11(4-9)26-7-15(18,19)20/h1-6H,7H2,(H2,21,22,27). The summed E-state index contributed by atoms with van der Waals surface area (Å²) in [4.78, 5) is 10.2. The van der Waals surface area contributed by atoms with Crippen LogP contribution in [0.25, 0.3) is 0 Å². The summed E-state index contributed by atoms with van der Waals surface area (Å²) >= 11 is 10.7. The van der Waals surface area contributed by atoms with E-state index in [-0.39, 0.29) is 21.6 Å². The largest absolute Gasteiger partial charge is 0.484 e. The third-order valence-corrected chi connectivity index (χ3v) is 3.43. The monoisotopic (exact) mass is 423 g/mol. The summed E-state index contributed by atoms with van der Waals surface area (Å²) in [5.41, 5.74) is -0.144. The number of benzene rings is 2. The highest BCUT2D eigenvalue weighted by molar-refractivity contribution is 7.80. The van der Waals surface area contributed by atoms with Gasteiger partial charge in [-0.15, -0.1) is 0 Å². The molecule has 0 saturated carbocycles. The molecule has 0 radical (unpaired) electrons. The van der Waals surface area contributed by atoms with Gasteiger partial charge in [-0.1, -0.05) is 11.6 Å². The Balaban J connectivity index is 2.15. The van der Waals surface area contributed by atoms with E-state index < -0.39 is 29.2 Å². The third-order valence-electron chi connectivity index (χ3n) is 2.94. The molecule has 0 aliphatic carbocycles. The van der Waals surface area contributed by atoms with E-state index in [2.05, 4.69) is 15.4 Å². The zero-order valence-electron chi connectivity index (χ0n) is 13.1. The maximum Gasteiger partial charge on any atom is 0.422 e. The number of rotatable bonds is 5. The molecule has 0 saturated heterocycles. The topological polar surface area (TPSA) is 76.4 Å². The van der Waals surface area contributed by atoms with Gasteiger partial charge in [-0.25, -0.2) is 4.39 Å². The molecule has 0 bridgehead atoms. The van der Waals surface area contributed by atoms with Gasteiger partial charge in [-0.3, -0.25) is 10.1 Å². The van der Waals surface area contributed by atoms with E-state index in [4.69, 9.17) is 23.8 Å². The van der Waals surface area contributed by atoms with Crippen LogP contribution in [0.3, 0.4) is 0 Å². The molecular weight excluding hydrogens is 414 g/mol. The lowest BCUT2D eigenvalue weighted by molar-refractivity contribution is -0.384. The lowest BCUT2D eigenvalue weighted by Crippen LogP contribution is -2.20. The van der Waals surface area contributed by atoms with Gasteiger partial charge in [-0.2, -0.15) is 13.2 Å². The Kier molecular flexibility index (Phi) is 6.39. The average molecular weight is 424 g/mol. The van der Waals surface area contributed by atoms with Gasteiger partial charge in [0.25, 0.3) is 5.69 Å². The maximum atomic E-state index is 13.1. The number of nitro groups is 1. The summed E-state index contributed by atoms with van der Waals surface area (Å²) in [7, 11) is 0. The summed E-state index contributed by atoms with van der Waals surface area (Å²) in [6.45, 7) is -1.61. The molecule has 0 aliphatic heterocycles. The first kappa shape index (κ1) is 20.6. The zero-order valence-corrected chi connectivity index (χ0v) is 14.7. The second-order valence-corrected chi connectivity index (χ2v) is 5.90. The Morgan fingerprint density at radius 3 is 2.44 bits per heavy atom.